The van der Waals surface area contributed by atoms with Crippen LogP contribution in [0.2, 0.25) is 0 Å². The summed E-state index contributed by atoms with van der Waals surface area (Å²) in [5, 5.41) is 60.9. The second kappa shape index (κ2) is 36.6. The summed E-state index contributed by atoms with van der Waals surface area (Å²) in [5.41, 5.74) is 19.5. The van der Waals surface area contributed by atoms with Gasteiger partial charge in [0.1, 0.15) is 40.3 Å². The van der Waals surface area contributed by atoms with E-state index in [-0.39, 0.29) is 49.4 Å². The summed E-state index contributed by atoms with van der Waals surface area (Å²) in [5.74, 6) is -3.16. The molecule has 492 valence electrons. The summed E-state index contributed by atoms with van der Waals surface area (Å²) in [6.07, 6.45) is 11.4. The molecule has 0 saturated heterocycles. The van der Waals surface area contributed by atoms with E-state index in [9.17, 15) is 49.3 Å². The van der Waals surface area contributed by atoms with E-state index in [0.717, 1.165) is 22.3 Å². The van der Waals surface area contributed by atoms with Crippen molar-refractivity contribution in [2.24, 2.45) is 44.5 Å². The number of ketones is 2. The lowest BCUT2D eigenvalue weighted by Crippen LogP contribution is -2.45. The quantitative estimate of drug-likeness (QED) is 0.0220. The topological polar surface area (TPSA) is 347 Å². The number of carbonyl (C=O) groups is 4. The molecule has 0 radical (unpaired) electrons. The van der Waals surface area contributed by atoms with Gasteiger partial charge < -0.3 is 44.1 Å². The smallest absolute Gasteiger partial charge is 0.457 e. The molecule has 2 aliphatic rings. The largest absolute Gasteiger partial charge is 0.525 e. The Labute approximate surface area is 541 Å². The highest BCUT2D eigenvalue weighted by Gasteiger charge is 2.44. The lowest BCUT2D eigenvalue weighted by atomic mass is 9.73. The molecule has 6 rings (SSSR count). The van der Waals surface area contributed by atoms with Gasteiger partial charge in [-0.25, -0.2) is 14.5 Å². The van der Waals surface area contributed by atoms with E-state index in [1.54, 1.807) is 102 Å². The molecule has 2 aromatic heterocycles. The van der Waals surface area contributed by atoms with E-state index < -0.39 is 79.0 Å². The van der Waals surface area contributed by atoms with Crippen molar-refractivity contribution < 1.29 is 67.8 Å². The maximum atomic E-state index is 13.2. The van der Waals surface area contributed by atoms with Crippen LogP contribution in [-0.4, -0.2) is 95.6 Å². The Morgan fingerprint density at radius 3 is 1.44 bits per heavy atom. The van der Waals surface area contributed by atoms with Crippen LogP contribution in [0, 0.1) is 34.5 Å². The Balaban J connectivity index is 0.000000305. The van der Waals surface area contributed by atoms with Crippen LogP contribution >= 0.6 is 30.4 Å². The van der Waals surface area contributed by atoms with Gasteiger partial charge in [0.25, 0.3) is 0 Å². The highest BCUT2D eigenvalue weighted by atomic mass is 32.1. The third-order valence-electron chi connectivity index (χ3n) is 15.6. The number of cyclic esters (lactones) is 2. The molecule has 0 saturated carbocycles. The number of aromatic nitrogens is 2. The molecule has 2 aliphatic heterocycles. The first-order chi connectivity index (χ1) is 42.9. The summed E-state index contributed by atoms with van der Waals surface area (Å²) in [7, 11) is -3.95. The van der Waals surface area contributed by atoms with Gasteiger partial charge in [-0.3, -0.25) is 19.2 Å². The van der Waals surface area contributed by atoms with Crippen molar-refractivity contribution in [3.8, 4) is 11.5 Å². The summed E-state index contributed by atoms with van der Waals surface area (Å²) in [6, 6.07) is 16.8. The van der Waals surface area contributed by atoms with Crippen molar-refractivity contribution in [1.82, 2.24) is 9.97 Å². The van der Waals surface area contributed by atoms with Crippen LogP contribution in [0.5, 0.6) is 11.5 Å². The minimum Gasteiger partial charge on any atom is -0.457 e. The molecule has 0 aliphatic carbocycles. The summed E-state index contributed by atoms with van der Waals surface area (Å²) >= 11 is 2.73. The zero-order valence-corrected chi connectivity index (χ0v) is 56.3. The number of allylic oxidation sites excluding steroid dienone is 4. The van der Waals surface area contributed by atoms with Gasteiger partial charge >= 0.3 is 19.7 Å². The number of rotatable bonds is 12. The van der Waals surface area contributed by atoms with Crippen molar-refractivity contribution in [3.05, 3.63) is 172 Å². The first-order valence-electron chi connectivity index (χ1n) is 29.8. The van der Waals surface area contributed by atoms with E-state index in [0.29, 0.717) is 58.6 Å². The van der Waals surface area contributed by atoms with Crippen molar-refractivity contribution in [2.75, 3.05) is 0 Å². The number of aliphatic hydroxyl groups is 5. The number of Topliss-reactive ketones (excluding diaryl/α,β-unsaturated/α-hetero) is 2. The molecule has 5 N–H and O–H groups in total. The average Bonchev–Trinajstić information content (AvgIpc) is 1.84. The molecule has 4 heterocycles. The Hall–Kier alpha value is -7.33. The summed E-state index contributed by atoms with van der Waals surface area (Å²) in [4.78, 5) is 69.2. The van der Waals surface area contributed by atoms with Gasteiger partial charge in [0.05, 0.1) is 77.6 Å². The van der Waals surface area contributed by atoms with E-state index in [4.69, 9.17) is 29.6 Å². The number of azide groups is 2. The highest BCUT2D eigenvalue weighted by Crippen LogP contribution is 2.50. The molecule has 0 bridgehead atoms. The van der Waals surface area contributed by atoms with Crippen LogP contribution in [0.3, 0.4) is 0 Å². The molecule has 91 heavy (non-hydrogen) atoms. The standard InChI is InChI=1S/C27H38N4O5S.C27H39NO6S.C12H10N3O3P/c1-16-8-7-9-17(2)25(34)19(4)26(35)27(5,6)22(32)13-24(33)36-21(11-10-16)18(3)12-20-15-37-23(30-20)14-29-31-28;1-16-8-7-9-17(2)25(32)19(4)26(33)27(5,6)22(30)13-24(31)34-21(11-10-16)18(3)12-20-15-35-23(14-29)28-20;13-14-15-19(16,17-11-7-3-1-4-8-11)18-12-9-5-2-6-10-12/h7,9-10,12,15,17,19,21-22,25,32,34H,8,11,13-14H2,1-6H3;7,9-10,12,15,17,19,21-22,25,29-30,32H,8,11,13-14H2,1-6H3;1-10H/b2*9-7+,16-10-,18-12+;/t2*17-,19+,21-,22-,25-;/m00./s1. The zero-order valence-electron chi connectivity index (χ0n) is 53.7. The molecule has 25 heteroatoms. The van der Waals surface area contributed by atoms with Gasteiger partial charge in [0.2, 0.25) is 0 Å². The number of para-hydroxylation sites is 2. The first kappa shape index (κ1) is 76.1. The minimum absolute atomic E-state index is 0.133. The van der Waals surface area contributed by atoms with E-state index in [2.05, 4.69) is 29.8 Å². The third kappa shape index (κ3) is 24.3. The zero-order chi connectivity index (χ0) is 67.6. The lowest BCUT2D eigenvalue weighted by molar-refractivity contribution is -0.155. The number of esters is 2. The Morgan fingerprint density at radius 1 is 0.670 bits per heavy atom. The fraction of sp³-hybridized carbons (Fsp3) is 0.485. The number of carbonyl (C=O) groups excluding carboxylic acids is 4. The predicted octanol–water partition coefficient (Wildman–Crippen LogP) is 14.3. The van der Waals surface area contributed by atoms with Crippen molar-refractivity contribution in [2.45, 2.75) is 171 Å². The first-order valence-corrected chi connectivity index (χ1v) is 33.1. The van der Waals surface area contributed by atoms with Crippen molar-refractivity contribution in [1.29, 1.82) is 0 Å². The van der Waals surface area contributed by atoms with Crippen molar-refractivity contribution in [3.63, 3.8) is 0 Å². The highest BCUT2D eigenvalue weighted by molar-refractivity contribution is 7.53. The summed E-state index contributed by atoms with van der Waals surface area (Å²) < 4.78 is 34.2. The minimum atomic E-state index is -3.95. The number of thiazole rings is 2. The number of nitrogens with zero attached hydrogens (tertiary/aromatic N) is 8. The van der Waals surface area contributed by atoms with E-state index in [1.165, 1.54) is 22.7 Å². The van der Waals surface area contributed by atoms with Crippen LogP contribution in [0.15, 0.2) is 140 Å². The molecule has 10 atom stereocenters. The maximum absolute atomic E-state index is 13.2. The van der Waals surface area contributed by atoms with Gasteiger partial charge in [-0.15, -0.1) is 22.7 Å². The van der Waals surface area contributed by atoms with Crippen LogP contribution in [-0.2, 0) is 46.4 Å². The monoisotopic (exact) mass is 1310 g/mol. The molecule has 0 unspecified atom stereocenters. The molecule has 0 fully saturated rings. The van der Waals surface area contributed by atoms with Gasteiger partial charge in [-0.05, 0) is 99.2 Å². The average molecular weight is 1310 g/mol. The fourth-order valence-corrected chi connectivity index (χ4v) is 11.8. The van der Waals surface area contributed by atoms with E-state index >= 15 is 0 Å². The Kier molecular flexibility index (Phi) is 30.7. The molecular weight excluding hydrogens is 1220 g/mol. The Bertz CT molecular complexity index is 3360. The predicted molar refractivity (Wildman–Crippen MR) is 353 cm³/mol. The second-order valence-electron chi connectivity index (χ2n) is 23.8. The molecule has 0 spiro atoms. The van der Waals surface area contributed by atoms with Crippen molar-refractivity contribution >= 4 is 66.1 Å². The van der Waals surface area contributed by atoms with E-state index in [1.807, 2.05) is 101 Å². The van der Waals surface area contributed by atoms with Crippen LogP contribution in [0.1, 0.15) is 143 Å². The van der Waals surface area contributed by atoms with Gasteiger partial charge in [-0.1, -0.05) is 145 Å². The van der Waals surface area contributed by atoms with Gasteiger partial charge in [-0.2, -0.15) is 0 Å². The number of hydrogen-bond acceptors (Lipinski definition) is 19. The summed E-state index contributed by atoms with van der Waals surface area (Å²) in [6.45, 7) is 21.1. The molecule has 2 aromatic carbocycles. The molecular formula is C66H87N8O14PS2. The number of ether oxygens (including phenoxy) is 2. The number of aliphatic hydroxyl groups excluding tert-OH is 5. The second-order valence-corrected chi connectivity index (χ2v) is 27.2. The van der Waals surface area contributed by atoms with Gasteiger partial charge in [0, 0.05) is 62.0 Å². The molecule has 22 nitrogen and oxygen atoms in total. The lowest BCUT2D eigenvalue weighted by Gasteiger charge is -2.34. The third-order valence-corrected chi connectivity index (χ3v) is 18.5. The number of hydrogen-bond donors (Lipinski definition) is 5. The van der Waals surface area contributed by atoms with Crippen LogP contribution in [0.25, 0.3) is 33.0 Å². The fourth-order valence-electron chi connectivity index (χ4n) is 9.57. The maximum Gasteiger partial charge on any atom is 0.525 e. The van der Waals surface area contributed by atoms with Crippen LogP contribution in [0.4, 0.5) is 0 Å². The molecule has 4 aromatic rings. The number of benzene rings is 2. The Morgan fingerprint density at radius 2 is 1.07 bits per heavy atom. The van der Waals surface area contributed by atoms with Crippen LogP contribution < -0.4 is 9.05 Å². The normalized spacial score (nSPS) is 26.9. The van der Waals surface area contributed by atoms with Gasteiger partial charge in [0.15, 0.2) is 0 Å². The molecule has 0 amide bonds. The SMILES string of the molecule is C/C1=C/C[C@@H](/C(C)=C/c2csc(CN=[N+]=[N-])n2)OC(=O)C[C@H](O)C(C)(C)C(=O)[C@H](C)[C@@H](O)[C@@H](C)/C=C/C1.C/C1=C/C[C@@H](/C(C)=C/c2csc(CO)n2)OC(=O)C[C@H](O)C(C)(C)C(=O)[C@H](C)[C@@H](O)[C@@H](C)/C=C/C1.[N-]=[N+]=NP(=O)(Oc1ccccc1)Oc1ccccc1.